The minimum atomic E-state index is -0.684. The number of hydrogen-bond donors (Lipinski definition) is 1. The Morgan fingerprint density at radius 2 is 1.62 bits per heavy atom. The van der Waals surface area contributed by atoms with Crippen LogP contribution in [-0.2, 0) is 4.79 Å². The van der Waals surface area contributed by atoms with E-state index >= 15 is 0 Å². The van der Waals surface area contributed by atoms with Crippen molar-refractivity contribution in [1.29, 1.82) is 0 Å². The van der Waals surface area contributed by atoms with Gasteiger partial charge in [-0.25, -0.2) is 0 Å². The Morgan fingerprint density at radius 1 is 1.19 bits per heavy atom. The van der Waals surface area contributed by atoms with Crippen LogP contribution in [0.2, 0.25) is 0 Å². The van der Waals surface area contributed by atoms with E-state index < -0.39 is 5.97 Å². The van der Waals surface area contributed by atoms with Crippen molar-refractivity contribution in [3.05, 3.63) is 0 Å². The number of carbonyl (C=O) groups is 1. The van der Waals surface area contributed by atoms with Crippen molar-refractivity contribution in [1.82, 2.24) is 0 Å². The Balaban J connectivity index is 1.76. The van der Waals surface area contributed by atoms with Crippen LogP contribution in [0.25, 0.3) is 0 Å². The predicted molar refractivity (Wildman–Crippen MR) is 65.6 cm³/mol. The van der Waals surface area contributed by atoms with Gasteiger partial charge in [-0.3, -0.25) is 4.79 Å². The molecule has 1 atom stereocenters. The number of rotatable bonds is 3. The van der Waals surface area contributed by atoms with Gasteiger partial charge in [0.15, 0.2) is 0 Å². The summed E-state index contributed by atoms with van der Waals surface area (Å²) in [5.41, 5.74) is 0.376. The van der Waals surface area contributed by atoms with Crippen LogP contribution in [-0.4, -0.2) is 15.9 Å². The zero-order valence-electron chi connectivity index (χ0n) is 9.49. The molecular formula is C13H19BrO2. The third-order valence-electron chi connectivity index (χ3n) is 5.05. The second-order valence-corrected chi connectivity index (χ2v) is 7.53. The quantitative estimate of drug-likeness (QED) is 0.807. The first-order valence-corrected chi connectivity index (χ1v) is 7.35. The van der Waals surface area contributed by atoms with Gasteiger partial charge >= 0.3 is 5.97 Å². The molecule has 3 heteroatoms. The van der Waals surface area contributed by atoms with Crippen molar-refractivity contribution in [2.75, 3.05) is 0 Å². The summed E-state index contributed by atoms with van der Waals surface area (Å²) >= 11 is 3.33. The summed E-state index contributed by atoms with van der Waals surface area (Å²) in [5, 5.41) is 9.04. The normalized spacial score (nSPS) is 46.9. The van der Waals surface area contributed by atoms with E-state index in [-0.39, 0.29) is 4.83 Å². The van der Waals surface area contributed by atoms with E-state index in [1.54, 1.807) is 0 Å². The molecule has 4 rings (SSSR count). The SMILES string of the molecule is O=C(O)[C@H](Br)CC12CC3CC(CC(C3)C1)C2. The van der Waals surface area contributed by atoms with E-state index in [4.69, 9.17) is 5.11 Å². The Hall–Kier alpha value is -0.0500. The summed E-state index contributed by atoms with van der Waals surface area (Å²) < 4.78 is 0. The van der Waals surface area contributed by atoms with Gasteiger partial charge in [-0.1, -0.05) is 15.9 Å². The molecule has 0 amide bonds. The molecule has 0 saturated heterocycles. The largest absolute Gasteiger partial charge is 0.480 e. The molecular weight excluding hydrogens is 268 g/mol. The van der Waals surface area contributed by atoms with Gasteiger partial charge in [-0.05, 0) is 68.1 Å². The minimum Gasteiger partial charge on any atom is -0.480 e. The molecule has 16 heavy (non-hydrogen) atoms. The highest BCUT2D eigenvalue weighted by Gasteiger charge is 2.51. The van der Waals surface area contributed by atoms with Crippen LogP contribution in [0.3, 0.4) is 0 Å². The fraction of sp³-hybridized carbons (Fsp3) is 0.923. The lowest BCUT2D eigenvalue weighted by atomic mass is 9.48. The zero-order chi connectivity index (χ0) is 11.3. The van der Waals surface area contributed by atoms with E-state index in [1.165, 1.54) is 38.5 Å². The average molecular weight is 287 g/mol. The van der Waals surface area contributed by atoms with E-state index in [1.807, 2.05) is 0 Å². The number of carboxylic acid groups (broad SMARTS) is 1. The maximum absolute atomic E-state index is 11.0. The average Bonchev–Trinajstić information content (AvgIpc) is 2.13. The third-order valence-corrected chi connectivity index (χ3v) is 5.76. The van der Waals surface area contributed by atoms with Crippen molar-refractivity contribution in [3.8, 4) is 0 Å². The predicted octanol–water partition coefficient (Wildman–Crippen LogP) is 3.44. The lowest BCUT2D eigenvalue weighted by Crippen LogP contribution is -2.47. The van der Waals surface area contributed by atoms with Gasteiger partial charge in [0.1, 0.15) is 4.83 Å². The first kappa shape index (κ1) is 11.1. The van der Waals surface area contributed by atoms with E-state index in [0.717, 1.165) is 24.2 Å². The van der Waals surface area contributed by atoms with Crippen molar-refractivity contribution < 1.29 is 9.90 Å². The molecule has 4 aliphatic rings. The molecule has 0 aromatic heterocycles. The van der Waals surface area contributed by atoms with Crippen LogP contribution < -0.4 is 0 Å². The highest BCUT2D eigenvalue weighted by atomic mass is 79.9. The van der Waals surface area contributed by atoms with Gasteiger partial charge in [0.05, 0.1) is 0 Å². The van der Waals surface area contributed by atoms with Gasteiger partial charge in [0.25, 0.3) is 0 Å². The first-order chi connectivity index (χ1) is 7.56. The third kappa shape index (κ3) is 1.81. The Bertz CT molecular complexity index is 278. The summed E-state index contributed by atoms with van der Waals surface area (Å²) in [6.07, 6.45) is 9.04. The van der Waals surface area contributed by atoms with Crippen LogP contribution >= 0.6 is 15.9 Å². The van der Waals surface area contributed by atoms with Crippen LogP contribution in [0.15, 0.2) is 0 Å². The van der Waals surface area contributed by atoms with E-state index in [0.29, 0.717) is 5.41 Å². The molecule has 0 aromatic carbocycles. The molecule has 4 aliphatic carbocycles. The summed E-state index contributed by atoms with van der Waals surface area (Å²) in [4.78, 5) is 10.6. The molecule has 0 radical (unpaired) electrons. The second-order valence-electron chi connectivity index (χ2n) is 6.43. The van der Waals surface area contributed by atoms with Gasteiger partial charge < -0.3 is 5.11 Å². The van der Waals surface area contributed by atoms with Crippen molar-refractivity contribution in [2.24, 2.45) is 23.2 Å². The summed E-state index contributed by atoms with van der Waals surface area (Å²) in [5.74, 6) is 2.06. The van der Waals surface area contributed by atoms with Gasteiger partial charge in [0, 0.05) is 0 Å². The molecule has 2 nitrogen and oxygen atoms in total. The molecule has 4 saturated carbocycles. The molecule has 0 spiro atoms. The topological polar surface area (TPSA) is 37.3 Å². The molecule has 90 valence electrons. The van der Waals surface area contributed by atoms with Crippen LogP contribution in [0.4, 0.5) is 0 Å². The first-order valence-electron chi connectivity index (χ1n) is 6.43. The number of hydrogen-bond acceptors (Lipinski definition) is 1. The number of carboxylic acids is 1. The molecule has 0 aromatic rings. The molecule has 0 heterocycles. The lowest BCUT2D eigenvalue weighted by molar-refractivity contribution is -0.138. The van der Waals surface area contributed by atoms with Gasteiger partial charge in [0.2, 0.25) is 0 Å². The molecule has 1 N–H and O–H groups in total. The number of aliphatic carboxylic acids is 1. The highest BCUT2D eigenvalue weighted by molar-refractivity contribution is 9.10. The van der Waals surface area contributed by atoms with Crippen molar-refractivity contribution >= 4 is 21.9 Å². The smallest absolute Gasteiger partial charge is 0.317 e. The summed E-state index contributed by atoms with van der Waals surface area (Å²) in [7, 11) is 0. The van der Waals surface area contributed by atoms with Crippen molar-refractivity contribution in [2.45, 2.75) is 49.8 Å². The van der Waals surface area contributed by atoms with E-state index in [2.05, 4.69) is 15.9 Å². The van der Waals surface area contributed by atoms with Gasteiger partial charge in [-0.15, -0.1) is 0 Å². The van der Waals surface area contributed by atoms with Gasteiger partial charge in [-0.2, -0.15) is 0 Å². The fourth-order valence-electron chi connectivity index (χ4n) is 5.01. The standard InChI is InChI=1S/C13H19BrO2/c14-11(12(15)16)7-13-4-8-1-9(5-13)3-10(2-8)6-13/h8-11H,1-7H2,(H,15,16)/t8?,9?,10?,11-,13?/m1/s1. The second kappa shape index (κ2) is 3.72. The summed E-state index contributed by atoms with van der Waals surface area (Å²) in [6, 6.07) is 0. The van der Waals surface area contributed by atoms with E-state index in [9.17, 15) is 4.79 Å². The maximum Gasteiger partial charge on any atom is 0.317 e. The molecule has 0 aliphatic heterocycles. The monoisotopic (exact) mass is 286 g/mol. The Morgan fingerprint density at radius 3 is 2.00 bits per heavy atom. The Labute approximate surface area is 105 Å². The Kier molecular flexibility index (Phi) is 2.58. The number of halogens is 1. The summed E-state index contributed by atoms with van der Waals surface area (Å²) in [6.45, 7) is 0. The van der Waals surface area contributed by atoms with Crippen LogP contribution in [0, 0.1) is 23.2 Å². The fourth-order valence-corrected chi connectivity index (χ4v) is 5.69. The van der Waals surface area contributed by atoms with Crippen LogP contribution in [0.5, 0.6) is 0 Å². The molecule has 4 fully saturated rings. The molecule has 4 bridgehead atoms. The number of alkyl halides is 1. The maximum atomic E-state index is 11.0. The lowest BCUT2D eigenvalue weighted by Gasteiger charge is -2.57. The zero-order valence-corrected chi connectivity index (χ0v) is 11.1. The minimum absolute atomic E-state index is 0.330. The molecule has 0 unspecified atom stereocenters. The highest BCUT2D eigenvalue weighted by Crippen LogP contribution is 2.61. The van der Waals surface area contributed by atoms with Crippen LogP contribution in [0.1, 0.15) is 44.9 Å². The van der Waals surface area contributed by atoms with Crippen molar-refractivity contribution in [3.63, 3.8) is 0 Å².